The van der Waals surface area contributed by atoms with E-state index in [1.165, 1.54) is 19.2 Å². The molecule has 2 rings (SSSR count). The molecule has 1 N–H and O–H groups in total. The van der Waals surface area contributed by atoms with Crippen molar-refractivity contribution in [3.8, 4) is 0 Å². The van der Waals surface area contributed by atoms with Gasteiger partial charge in [-0.05, 0) is 6.07 Å². The number of carbonyl (C=O) groups excluding carboxylic acids is 1. The van der Waals surface area contributed by atoms with Crippen molar-refractivity contribution < 1.29 is 18.0 Å². The molecule has 18 heavy (non-hydrogen) atoms. The predicted molar refractivity (Wildman–Crippen MR) is 56.4 cm³/mol. The first-order valence-corrected chi connectivity index (χ1v) is 5.55. The van der Waals surface area contributed by atoms with Crippen LogP contribution in [0.1, 0.15) is 18.5 Å². The number of nitrogens with one attached hydrogen (secondary N) is 1. The first-order valence-electron chi connectivity index (χ1n) is 5.55. The molecule has 1 fully saturated rings. The van der Waals surface area contributed by atoms with Gasteiger partial charge in [0.1, 0.15) is 0 Å². The zero-order chi connectivity index (χ0) is 13.3. The third kappa shape index (κ3) is 2.30. The number of nitrogens with zero attached hydrogens (tertiary/aromatic N) is 2. The molecule has 1 aliphatic rings. The number of halogens is 3. The van der Waals surface area contributed by atoms with Crippen molar-refractivity contribution in [1.82, 2.24) is 15.3 Å². The highest BCUT2D eigenvalue weighted by atomic mass is 19.3. The van der Waals surface area contributed by atoms with Crippen LogP contribution in [0, 0.1) is 17.9 Å². The maximum absolute atomic E-state index is 12.9. The molecule has 98 valence electrons. The zero-order valence-electron chi connectivity index (χ0n) is 9.61. The van der Waals surface area contributed by atoms with E-state index in [4.69, 9.17) is 0 Å². The molecule has 1 unspecified atom stereocenters. The molecule has 1 aliphatic heterocycles. The minimum absolute atomic E-state index is 0.148. The van der Waals surface area contributed by atoms with Gasteiger partial charge in [-0.3, -0.25) is 4.79 Å². The van der Waals surface area contributed by atoms with Crippen molar-refractivity contribution >= 4 is 5.91 Å². The Labute approximate surface area is 102 Å². The van der Waals surface area contributed by atoms with Crippen molar-refractivity contribution in [2.45, 2.75) is 19.3 Å². The van der Waals surface area contributed by atoms with Gasteiger partial charge in [-0.2, -0.15) is 4.39 Å². The molecule has 1 amide bonds. The fraction of sp³-hybridized carbons (Fsp3) is 0.545. The average Bonchev–Trinajstić information content (AvgIpc) is 2.70. The fourth-order valence-electron chi connectivity index (χ4n) is 2.19. The Morgan fingerprint density at radius 3 is 2.83 bits per heavy atom. The fourth-order valence-corrected chi connectivity index (χ4v) is 2.19. The van der Waals surface area contributed by atoms with E-state index in [0.29, 0.717) is 0 Å². The molecule has 7 heteroatoms. The molecule has 1 saturated heterocycles. The topological polar surface area (TPSA) is 54.9 Å². The van der Waals surface area contributed by atoms with Crippen LogP contribution in [-0.4, -0.2) is 28.8 Å². The smallest absolute Gasteiger partial charge is 0.308 e. The van der Waals surface area contributed by atoms with Crippen LogP contribution in [0.25, 0.3) is 0 Å². The molecule has 1 aromatic heterocycles. The lowest BCUT2D eigenvalue weighted by atomic mass is 9.83. The lowest BCUT2D eigenvalue weighted by Gasteiger charge is -2.22. The van der Waals surface area contributed by atoms with Gasteiger partial charge in [-0.1, -0.05) is 6.92 Å². The molecule has 1 aromatic rings. The summed E-state index contributed by atoms with van der Waals surface area (Å²) in [5.74, 6) is -2.80. The standard InChI is InChI=1S/C11H12F3N3O/c1-5(9(12)13)6-4-16-10(18)8(6)7-2-3-15-11(14)17-7/h2-3,5-6,8-9H,4H2,1H3,(H,16,18)/t5-,6?,8+/m1/s1. The summed E-state index contributed by atoms with van der Waals surface area (Å²) in [6.07, 6.45) is -2.32. The second-order valence-electron chi connectivity index (χ2n) is 4.33. The molecule has 0 saturated carbocycles. The Kier molecular flexibility index (Phi) is 3.49. The van der Waals surface area contributed by atoms with Gasteiger partial charge in [0.25, 0.3) is 0 Å². The third-order valence-electron chi connectivity index (χ3n) is 3.26. The van der Waals surface area contributed by atoms with Crippen LogP contribution in [0.4, 0.5) is 13.2 Å². The van der Waals surface area contributed by atoms with Crippen LogP contribution >= 0.6 is 0 Å². The van der Waals surface area contributed by atoms with Crippen LogP contribution in [0.3, 0.4) is 0 Å². The molecule has 0 aliphatic carbocycles. The number of amides is 1. The first kappa shape index (κ1) is 12.8. The van der Waals surface area contributed by atoms with Crippen LogP contribution in [-0.2, 0) is 4.79 Å². The van der Waals surface area contributed by atoms with Gasteiger partial charge in [0.15, 0.2) is 0 Å². The monoisotopic (exact) mass is 259 g/mol. The van der Waals surface area contributed by atoms with Gasteiger partial charge in [-0.15, -0.1) is 0 Å². The summed E-state index contributed by atoms with van der Waals surface area (Å²) in [5.41, 5.74) is 0.148. The number of hydrogen-bond acceptors (Lipinski definition) is 3. The Balaban J connectivity index is 2.31. The minimum Gasteiger partial charge on any atom is -0.355 e. The van der Waals surface area contributed by atoms with Gasteiger partial charge in [-0.25, -0.2) is 18.7 Å². The largest absolute Gasteiger partial charge is 0.355 e. The Morgan fingerprint density at radius 2 is 2.22 bits per heavy atom. The molecule has 3 atom stereocenters. The van der Waals surface area contributed by atoms with Crippen molar-refractivity contribution in [1.29, 1.82) is 0 Å². The lowest BCUT2D eigenvalue weighted by molar-refractivity contribution is -0.121. The summed E-state index contributed by atoms with van der Waals surface area (Å²) >= 11 is 0. The van der Waals surface area contributed by atoms with Crippen LogP contribution in [0.15, 0.2) is 12.3 Å². The van der Waals surface area contributed by atoms with E-state index < -0.39 is 36.2 Å². The van der Waals surface area contributed by atoms with E-state index in [9.17, 15) is 18.0 Å². The van der Waals surface area contributed by atoms with Gasteiger partial charge < -0.3 is 5.32 Å². The third-order valence-corrected chi connectivity index (χ3v) is 3.26. The van der Waals surface area contributed by atoms with E-state index in [1.54, 1.807) is 0 Å². The van der Waals surface area contributed by atoms with E-state index in [0.717, 1.165) is 0 Å². The normalized spacial score (nSPS) is 25.3. The Bertz CT molecular complexity index is 455. The summed E-state index contributed by atoms with van der Waals surface area (Å²) in [6.45, 7) is 1.53. The maximum atomic E-state index is 12.9. The van der Waals surface area contributed by atoms with Gasteiger partial charge in [0, 0.05) is 24.6 Å². The van der Waals surface area contributed by atoms with E-state index >= 15 is 0 Å². The second kappa shape index (κ2) is 4.91. The quantitative estimate of drug-likeness (QED) is 0.833. The van der Waals surface area contributed by atoms with E-state index in [1.807, 2.05) is 0 Å². The molecule has 0 spiro atoms. The highest BCUT2D eigenvalue weighted by Crippen LogP contribution is 2.35. The van der Waals surface area contributed by atoms with Crippen molar-refractivity contribution in [3.05, 3.63) is 24.0 Å². The van der Waals surface area contributed by atoms with Crippen molar-refractivity contribution in [2.75, 3.05) is 6.54 Å². The van der Waals surface area contributed by atoms with Crippen LogP contribution < -0.4 is 5.32 Å². The summed E-state index contributed by atoms with van der Waals surface area (Å²) in [5, 5.41) is 2.52. The summed E-state index contributed by atoms with van der Waals surface area (Å²) in [7, 11) is 0. The SMILES string of the molecule is C[C@@H](C(F)F)C1CNC(=O)[C@@H]1c1ccnc(F)n1. The number of alkyl halides is 2. The number of rotatable bonds is 3. The minimum atomic E-state index is -2.53. The average molecular weight is 259 g/mol. The van der Waals surface area contributed by atoms with Crippen LogP contribution in [0.2, 0.25) is 0 Å². The highest BCUT2D eigenvalue weighted by molar-refractivity contribution is 5.85. The highest BCUT2D eigenvalue weighted by Gasteiger charge is 2.42. The molecule has 0 aromatic carbocycles. The molecule has 2 heterocycles. The summed E-state index contributed by atoms with van der Waals surface area (Å²) in [6, 6.07) is 1.38. The summed E-state index contributed by atoms with van der Waals surface area (Å²) in [4.78, 5) is 18.5. The zero-order valence-corrected chi connectivity index (χ0v) is 9.61. The predicted octanol–water partition coefficient (Wildman–Crippen LogP) is 1.35. The molecular formula is C11H12F3N3O. The number of aromatic nitrogens is 2. The van der Waals surface area contributed by atoms with Crippen molar-refractivity contribution in [2.24, 2.45) is 11.8 Å². The molecule has 0 radical (unpaired) electrons. The van der Waals surface area contributed by atoms with E-state index in [-0.39, 0.29) is 12.2 Å². The second-order valence-corrected chi connectivity index (χ2v) is 4.33. The summed E-state index contributed by atoms with van der Waals surface area (Å²) < 4.78 is 38.4. The van der Waals surface area contributed by atoms with Crippen LogP contribution in [0.5, 0.6) is 0 Å². The molecule has 0 bridgehead atoms. The van der Waals surface area contributed by atoms with Gasteiger partial charge in [0.05, 0.1) is 11.6 Å². The van der Waals surface area contributed by atoms with Gasteiger partial charge in [0.2, 0.25) is 12.3 Å². The van der Waals surface area contributed by atoms with Crippen molar-refractivity contribution in [3.63, 3.8) is 0 Å². The lowest BCUT2D eigenvalue weighted by Crippen LogP contribution is -2.26. The molecule has 4 nitrogen and oxygen atoms in total. The van der Waals surface area contributed by atoms with Gasteiger partial charge >= 0.3 is 6.08 Å². The Morgan fingerprint density at radius 1 is 1.50 bits per heavy atom. The number of hydrogen-bond donors (Lipinski definition) is 1. The van der Waals surface area contributed by atoms with E-state index in [2.05, 4.69) is 15.3 Å². The maximum Gasteiger partial charge on any atom is 0.308 e. The Hall–Kier alpha value is -1.66. The number of carbonyl (C=O) groups is 1. The first-order chi connectivity index (χ1) is 8.50. The molecular weight excluding hydrogens is 247 g/mol.